The molecule has 0 aliphatic heterocycles. The van der Waals surface area contributed by atoms with Crippen LogP contribution in [0, 0.1) is 11.6 Å². The monoisotopic (exact) mass is 269 g/mol. The molecule has 19 heavy (non-hydrogen) atoms. The van der Waals surface area contributed by atoms with Gasteiger partial charge < -0.3 is 0 Å². The van der Waals surface area contributed by atoms with Gasteiger partial charge in [-0.2, -0.15) is 0 Å². The van der Waals surface area contributed by atoms with E-state index < -0.39 is 11.6 Å². The zero-order valence-corrected chi connectivity index (χ0v) is 10.6. The number of aryl methyl sites for hydroxylation is 1. The molecular formula is C14H17F2NO2. The van der Waals surface area contributed by atoms with Crippen molar-refractivity contribution in [2.24, 2.45) is 0 Å². The number of carbonyl (C=O) groups is 1. The second-order valence-corrected chi connectivity index (χ2v) is 4.80. The van der Waals surface area contributed by atoms with Crippen molar-refractivity contribution in [3.63, 3.8) is 0 Å². The van der Waals surface area contributed by atoms with Crippen molar-refractivity contribution in [3.8, 4) is 0 Å². The van der Waals surface area contributed by atoms with E-state index in [0.29, 0.717) is 12.0 Å². The summed E-state index contributed by atoms with van der Waals surface area (Å²) in [6.07, 6.45) is 4.89. The van der Waals surface area contributed by atoms with Gasteiger partial charge in [0.2, 0.25) is 5.91 Å². The SMILES string of the molecule is O=C(CCc1ccc(F)c(F)c1)NOC1CCCC1. The lowest BCUT2D eigenvalue weighted by atomic mass is 10.1. The lowest BCUT2D eigenvalue weighted by molar-refractivity contribution is -0.138. The summed E-state index contributed by atoms with van der Waals surface area (Å²) in [6.45, 7) is 0. The molecule has 0 atom stereocenters. The molecule has 1 amide bonds. The first kappa shape index (κ1) is 13.9. The van der Waals surface area contributed by atoms with Gasteiger partial charge in [-0.1, -0.05) is 18.9 Å². The molecule has 0 bridgehead atoms. The molecule has 104 valence electrons. The van der Waals surface area contributed by atoms with Crippen LogP contribution in [0.3, 0.4) is 0 Å². The summed E-state index contributed by atoms with van der Waals surface area (Å²) >= 11 is 0. The Kier molecular flexibility index (Phi) is 4.85. The molecule has 0 radical (unpaired) electrons. The highest BCUT2D eigenvalue weighted by Crippen LogP contribution is 2.19. The highest BCUT2D eigenvalue weighted by atomic mass is 19.2. The average Bonchev–Trinajstić information content (AvgIpc) is 2.91. The van der Waals surface area contributed by atoms with E-state index in [1.807, 2.05) is 0 Å². The van der Waals surface area contributed by atoms with Crippen molar-refractivity contribution in [1.82, 2.24) is 5.48 Å². The molecular weight excluding hydrogens is 252 g/mol. The largest absolute Gasteiger partial charge is 0.273 e. The Bertz CT molecular complexity index is 445. The summed E-state index contributed by atoms with van der Waals surface area (Å²) in [5, 5.41) is 0. The van der Waals surface area contributed by atoms with E-state index in [-0.39, 0.29) is 18.4 Å². The Morgan fingerprint density at radius 3 is 2.68 bits per heavy atom. The maximum absolute atomic E-state index is 13.0. The van der Waals surface area contributed by atoms with E-state index in [1.54, 1.807) is 0 Å². The van der Waals surface area contributed by atoms with Crippen LogP contribution in [0.4, 0.5) is 8.78 Å². The predicted octanol–water partition coefficient (Wildman–Crippen LogP) is 2.89. The molecule has 0 spiro atoms. The molecule has 1 saturated carbocycles. The van der Waals surface area contributed by atoms with E-state index in [2.05, 4.69) is 5.48 Å². The second-order valence-electron chi connectivity index (χ2n) is 4.80. The highest BCUT2D eigenvalue weighted by molar-refractivity contribution is 5.75. The summed E-state index contributed by atoms with van der Waals surface area (Å²) in [7, 11) is 0. The van der Waals surface area contributed by atoms with Crippen molar-refractivity contribution in [2.75, 3.05) is 0 Å². The summed E-state index contributed by atoms with van der Waals surface area (Å²) in [6, 6.07) is 3.65. The third-order valence-electron chi connectivity index (χ3n) is 3.27. The minimum Gasteiger partial charge on any atom is -0.273 e. The number of hydrogen-bond donors (Lipinski definition) is 1. The summed E-state index contributed by atoms with van der Waals surface area (Å²) in [5.74, 6) is -2.01. The van der Waals surface area contributed by atoms with Crippen LogP contribution in [0.2, 0.25) is 0 Å². The van der Waals surface area contributed by atoms with Crippen LogP contribution < -0.4 is 5.48 Å². The first-order valence-corrected chi connectivity index (χ1v) is 6.53. The lowest BCUT2D eigenvalue weighted by Crippen LogP contribution is -2.28. The standard InChI is InChI=1S/C14H17F2NO2/c15-12-7-5-10(9-13(12)16)6-8-14(18)17-19-11-3-1-2-4-11/h5,7,9,11H,1-4,6,8H2,(H,17,18). The number of benzene rings is 1. The van der Waals surface area contributed by atoms with Gasteiger partial charge in [0.05, 0.1) is 6.10 Å². The Balaban J connectivity index is 1.71. The fourth-order valence-corrected chi connectivity index (χ4v) is 2.16. The van der Waals surface area contributed by atoms with Gasteiger partial charge in [-0.15, -0.1) is 0 Å². The quantitative estimate of drug-likeness (QED) is 0.835. The number of hydroxylamine groups is 1. The molecule has 0 heterocycles. The number of nitrogens with one attached hydrogen (secondary N) is 1. The number of amides is 1. The lowest BCUT2D eigenvalue weighted by Gasteiger charge is -2.11. The number of hydrogen-bond acceptors (Lipinski definition) is 2. The minimum absolute atomic E-state index is 0.118. The van der Waals surface area contributed by atoms with Gasteiger partial charge in [-0.25, -0.2) is 14.3 Å². The number of halogens is 2. The van der Waals surface area contributed by atoms with Crippen molar-refractivity contribution < 1.29 is 18.4 Å². The second kappa shape index (κ2) is 6.61. The van der Waals surface area contributed by atoms with E-state index >= 15 is 0 Å². The zero-order chi connectivity index (χ0) is 13.7. The molecule has 1 aliphatic carbocycles. The van der Waals surface area contributed by atoms with Crippen LogP contribution in [0.15, 0.2) is 18.2 Å². The molecule has 5 heteroatoms. The summed E-state index contributed by atoms with van der Waals surface area (Å²) in [5.41, 5.74) is 3.01. The summed E-state index contributed by atoms with van der Waals surface area (Å²) in [4.78, 5) is 16.8. The first-order chi connectivity index (χ1) is 9.15. The van der Waals surface area contributed by atoms with Gasteiger partial charge in [0, 0.05) is 6.42 Å². The molecule has 1 aromatic carbocycles. The molecule has 0 unspecified atom stereocenters. The topological polar surface area (TPSA) is 38.3 Å². The molecule has 1 aromatic rings. The zero-order valence-electron chi connectivity index (χ0n) is 10.6. The summed E-state index contributed by atoms with van der Waals surface area (Å²) < 4.78 is 25.7. The third-order valence-corrected chi connectivity index (χ3v) is 3.27. The van der Waals surface area contributed by atoms with Crippen molar-refractivity contribution >= 4 is 5.91 Å². The van der Waals surface area contributed by atoms with E-state index in [1.165, 1.54) is 6.07 Å². The van der Waals surface area contributed by atoms with E-state index in [9.17, 15) is 13.6 Å². The minimum atomic E-state index is -0.889. The van der Waals surface area contributed by atoms with Gasteiger partial charge in [0.15, 0.2) is 11.6 Å². The van der Waals surface area contributed by atoms with Gasteiger partial charge in [0.1, 0.15) is 0 Å². The molecule has 1 N–H and O–H groups in total. The first-order valence-electron chi connectivity index (χ1n) is 6.53. The smallest absolute Gasteiger partial charge is 0.243 e. The van der Waals surface area contributed by atoms with Crippen LogP contribution in [-0.2, 0) is 16.1 Å². The highest BCUT2D eigenvalue weighted by Gasteiger charge is 2.16. The fourth-order valence-electron chi connectivity index (χ4n) is 2.16. The number of carbonyl (C=O) groups excluding carboxylic acids is 1. The predicted molar refractivity (Wildman–Crippen MR) is 66.2 cm³/mol. The van der Waals surface area contributed by atoms with Gasteiger partial charge >= 0.3 is 0 Å². The van der Waals surface area contributed by atoms with Gasteiger partial charge in [-0.05, 0) is 37.0 Å². The maximum atomic E-state index is 13.0. The Labute approximate surface area is 110 Å². The van der Waals surface area contributed by atoms with Crippen molar-refractivity contribution in [1.29, 1.82) is 0 Å². The molecule has 3 nitrogen and oxygen atoms in total. The number of rotatable bonds is 5. The average molecular weight is 269 g/mol. The molecule has 1 aliphatic rings. The van der Waals surface area contributed by atoms with Crippen LogP contribution in [0.5, 0.6) is 0 Å². The molecule has 2 rings (SSSR count). The Morgan fingerprint density at radius 2 is 2.00 bits per heavy atom. The Hall–Kier alpha value is -1.49. The molecule has 1 fully saturated rings. The van der Waals surface area contributed by atoms with Gasteiger partial charge in [0.25, 0.3) is 0 Å². The van der Waals surface area contributed by atoms with Crippen LogP contribution >= 0.6 is 0 Å². The van der Waals surface area contributed by atoms with Crippen LogP contribution in [0.25, 0.3) is 0 Å². The maximum Gasteiger partial charge on any atom is 0.243 e. The normalized spacial score (nSPS) is 15.7. The fraction of sp³-hybridized carbons (Fsp3) is 0.500. The molecule has 0 aromatic heterocycles. The third kappa shape index (κ3) is 4.28. The van der Waals surface area contributed by atoms with E-state index in [0.717, 1.165) is 37.8 Å². The van der Waals surface area contributed by atoms with Crippen LogP contribution in [-0.4, -0.2) is 12.0 Å². The molecule has 0 saturated heterocycles. The van der Waals surface area contributed by atoms with Crippen LogP contribution in [0.1, 0.15) is 37.7 Å². The van der Waals surface area contributed by atoms with Crippen molar-refractivity contribution in [3.05, 3.63) is 35.4 Å². The van der Waals surface area contributed by atoms with Crippen molar-refractivity contribution in [2.45, 2.75) is 44.6 Å². The van der Waals surface area contributed by atoms with E-state index in [4.69, 9.17) is 4.84 Å². The van der Waals surface area contributed by atoms with Gasteiger partial charge in [-0.3, -0.25) is 9.63 Å². The Morgan fingerprint density at radius 1 is 1.26 bits per heavy atom.